The summed E-state index contributed by atoms with van der Waals surface area (Å²) in [5.74, 6) is 1.08. The summed E-state index contributed by atoms with van der Waals surface area (Å²) in [5, 5.41) is 3.31. The van der Waals surface area contributed by atoms with Crippen LogP contribution in [-0.4, -0.2) is 45.9 Å². The molecule has 0 atom stereocenters. The van der Waals surface area contributed by atoms with E-state index in [1.165, 1.54) is 4.90 Å². The molecule has 0 saturated carbocycles. The van der Waals surface area contributed by atoms with Crippen LogP contribution in [0.1, 0.15) is 0 Å². The first-order chi connectivity index (χ1) is 14.5. The lowest BCUT2D eigenvalue weighted by atomic mass is 10.1. The number of carbonyl (C=O) groups excluding carboxylic acids is 1. The lowest BCUT2D eigenvalue weighted by Gasteiger charge is -2.13. The van der Waals surface area contributed by atoms with Gasteiger partial charge >= 0.3 is 0 Å². The van der Waals surface area contributed by atoms with Gasteiger partial charge in [-0.25, -0.2) is 9.97 Å². The summed E-state index contributed by atoms with van der Waals surface area (Å²) in [6.45, 7) is -0.0237. The molecule has 1 amide bonds. The number of nitrogens with zero attached hydrogens (tertiary/aromatic N) is 4. The van der Waals surface area contributed by atoms with E-state index in [0.717, 1.165) is 16.9 Å². The van der Waals surface area contributed by atoms with Gasteiger partial charge in [-0.1, -0.05) is 18.2 Å². The fraction of sp³-hybridized carbons (Fsp3) is 0.136. The topological polar surface area (TPSA) is 97.8 Å². The van der Waals surface area contributed by atoms with E-state index in [0.29, 0.717) is 22.9 Å². The Morgan fingerprint density at radius 2 is 2.03 bits per heavy atom. The normalized spacial score (nSPS) is 10.7. The van der Waals surface area contributed by atoms with Crippen molar-refractivity contribution in [2.24, 2.45) is 0 Å². The van der Waals surface area contributed by atoms with Gasteiger partial charge in [-0.05, 0) is 24.3 Å². The summed E-state index contributed by atoms with van der Waals surface area (Å²) in [5.41, 5.74) is 9.74. The zero-order valence-corrected chi connectivity index (χ0v) is 16.7. The maximum absolute atomic E-state index is 11.8. The third-order valence-corrected chi connectivity index (χ3v) is 4.51. The number of likely N-dealkylation sites (N-methyl/N-ethyl adjacent to an activating group) is 1. The zero-order chi connectivity index (χ0) is 21.1. The Hall–Kier alpha value is -4.07. The van der Waals surface area contributed by atoms with Crippen LogP contribution in [0.15, 0.2) is 67.1 Å². The summed E-state index contributed by atoms with van der Waals surface area (Å²) >= 11 is 0. The lowest BCUT2D eigenvalue weighted by Crippen LogP contribution is -2.27. The smallest absolute Gasteiger partial charge is 0.259 e. The number of nitrogens with one attached hydrogen (secondary N) is 1. The van der Waals surface area contributed by atoms with Crippen LogP contribution in [-0.2, 0) is 4.79 Å². The number of amides is 1. The monoisotopic (exact) mass is 402 g/mol. The van der Waals surface area contributed by atoms with Crippen molar-refractivity contribution in [2.75, 3.05) is 31.8 Å². The van der Waals surface area contributed by atoms with Gasteiger partial charge < -0.3 is 25.1 Å². The average Bonchev–Trinajstić information content (AvgIpc) is 3.21. The molecule has 152 valence electrons. The molecule has 0 fully saturated rings. The van der Waals surface area contributed by atoms with Crippen molar-refractivity contribution in [1.29, 1.82) is 0 Å². The maximum atomic E-state index is 11.8. The minimum absolute atomic E-state index is 0.0237. The SMILES string of the molecule is CN(C)C(=O)COc1cccc(Nc2nc(-c3cccc(N)c3)cn3ccnc23)c1. The number of fused-ring (bicyclic) bond motifs is 1. The maximum Gasteiger partial charge on any atom is 0.259 e. The Bertz CT molecular complexity index is 1200. The van der Waals surface area contributed by atoms with Crippen LogP contribution in [0.5, 0.6) is 5.75 Å². The second-order valence-electron chi connectivity index (χ2n) is 6.99. The highest BCUT2D eigenvalue weighted by Crippen LogP contribution is 2.27. The second kappa shape index (κ2) is 8.12. The van der Waals surface area contributed by atoms with Gasteiger partial charge in [0.15, 0.2) is 18.1 Å². The number of aromatic nitrogens is 3. The van der Waals surface area contributed by atoms with E-state index in [1.807, 2.05) is 59.3 Å². The van der Waals surface area contributed by atoms with E-state index in [2.05, 4.69) is 10.3 Å². The van der Waals surface area contributed by atoms with Crippen LogP contribution < -0.4 is 15.8 Å². The van der Waals surface area contributed by atoms with E-state index in [4.69, 9.17) is 15.5 Å². The number of hydrogen-bond acceptors (Lipinski definition) is 6. The first-order valence-corrected chi connectivity index (χ1v) is 9.39. The van der Waals surface area contributed by atoms with Gasteiger partial charge in [-0.3, -0.25) is 4.79 Å². The molecule has 0 saturated heterocycles. The molecule has 0 aliphatic carbocycles. The molecule has 0 bridgehead atoms. The van der Waals surface area contributed by atoms with E-state index < -0.39 is 0 Å². The molecule has 30 heavy (non-hydrogen) atoms. The van der Waals surface area contributed by atoms with Crippen LogP contribution in [0.4, 0.5) is 17.2 Å². The summed E-state index contributed by atoms with van der Waals surface area (Å²) in [6, 6.07) is 14.9. The molecule has 4 aromatic rings. The summed E-state index contributed by atoms with van der Waals surface area (Å²) in [6.07, 6.45) is 5.50. The number of rotatable bonds is 6. The summed E-state index contributed by atoms with van der Waals surface area (Å²) < 4.78 is 7.51. The van der Waals surface area contributed by atoms with Gasteiger partial charge in [0.05, 0.1) is 5.69 Å². The predicted octanol–water partition coefficient (Wildman–Crippen LogP) is 3.19. The van der Waals surface area contributed by atoms with Crippen molar-refractivity contribution in [3.05, 3.63) is 67.1 Å². The molecule has 0 aliphatic rings. The number of anilines is 3. The Morgan fingerprint density at radius 3 is 2.83 bits per heavy atom. The van der Waals surface area contributed by atoms with E-state index in [9.17, 15) is 4.79 Å². The molecule has 2 aromatic heterocycles. The van der Waals surface area contributed by atoms with Gasteiger partial charge in [-0.2, -0.15) is 0 Å². The molecule has 4 rings (SSSR count). The van der Waals surface area contributed by atoms with Crippen molar-refractivity contribution in [3.63, 3.8) is 0 Å². The minimum atomic E-state index is -0.107. The molecule has 3 N–H and O–H groups in total. The highest BCUT2D eigenvalue weighted by Gasteiger charge is 2.11. The Labute approximate surface area is 173 Å². The van der Waals surface area contributed by atoms with Crippen molar-refractivity contribution in [3.8, 4) is 17.0 Å². The third kappa shape index (κ3) is 4.17. The summed E-state index contributed by atoms with van der Waals surface area (Å²) in [7, 11) is 3.39. The van der Waals surface area contributed by atoms with Crippen LogP contribution in [0.3, 0.4) is 0 Å². The highest BCUT2D eigenvalue weighted by molar-refractivity contribution is 5.77. The molecular formula is C22H22N6O2. The van der Waals surface area contributed by atoms with Gasteiger partial charge in [0.2, 0.25) is 0 Å². The predicted molar refractivity (Wildman–Crippen MR) is 117 cm³/mol. The number of imidazole rings is 1. The van der Waals surface area contributed by atoms with Crippen LogP contribution in [0.25, 0.3) is 16.9 Å². The second-order valence-corrected chi connectivity index (χ2v) is 6.99. The van der Waals surface area contributed by atoms with Gasteiger partial charge in [0, 0.05) is 55.7 Å². The average molecular weight is 402 g/mol. The highest BCUT2D eigenvalue weighted by atomic mass is 16.5. The fourth-order valence-corrected chi connectivity index (χ4v) is 2.93. The summed E-state index contributed by atoms with van der Waals surface area (Å²) in [4.78, 5) is 22.4. The first-order valence-electron chi connectivity index (χ1n) is 9.39. The molecule has 0 aliphatic heterocycles. The number of hydrogen-bond donors (Lipinski definition) is 2. The van der Waals surface area contributed by atoms with Gasteiger partial charge in [0.1, 0.15) is 5.75 Å². The molecule has 2 aromatic carbocycles. The number of carbonyl (C=O) groups is 1. The number of ether oxygens (including phenoxy) is 1. The van der Waals surface area contributed by atoms with Crippen LogP contribution in [0, 0.1) is 0 Å². The quantitative estimate of drug-likeness (QED) is 0.481. The van der Waals surface area contributed by atoms with Gasteiger partial charge in [0.25, 0.3) is 5.91 Å². The van der Waals surface area contributed by atoms with Crippen molar-refractivity contribution >= 4 is 28.7 Å². The molecular weight excluding hydrogens is 380 g/mol. The zero-order valence-electron chi connectivity index (χ0n) is 16.7. The molecule has 8 nitrogen and oxygen atoms in total. The molecule has 8 heteroatoms. The van der Waals surface area contributed by atoms with Crippen molar-refractivity contribution in [2.45, 2.75) is 0 Å². The minimum Gasteiger partial charge on any atom is -0.484 e. The van der Waals surface area contributed by atoms with Crippen LogP contribution in [0.2, 0.25) is 0 Å². The molecule has 0 unspecified atom stereocenters. The lowest BCUT2D eigenvalue weighted by molar-refractivity contribution is -0.130. The van der Waals surface area contributed by atoms with Crippen molar-refractivity contribution < 1.29 is 9.53 Å². The fourth-order valence-electron chi connectivity index (χ4n) is 2.93. The molecule has 0 radical (unpaired) electrons. The van der Waals surface area contributed by atoms with Gasteiger partial charge in [-0.15, -0.1) is 0 Å². The van der Waals surface area contributed by atoms with E-state index in [1.54, 1.807) is 26.4 Å². The van der Waals surface area contributed by atoms with E-state index in [-0.39, 0.29) is 12.5 Å². The standard InChI is InChI=1S/C22H22N6O2/c1-27(2)20(29)14-30-18-8-4-7-17(12-18)25-21-22-24-9-10-28(22)13-19(26-21)15-5-3-6-16(23)11-15/h3-13H,14,23H2,1-2H3,(H,25,26). The molecule has 0 spiro atoms. The molecule has 2 heterocycles. The number of nitrogens with two attached hydrogens (primary N) is 1. The Morgan fingerprint density at radius 1 is 1.20 bits per heavy atom. The number of benzene rings is 2. The van der Waals surface area contributed by atoms with Crippen LogP contribution >= 0.6 is 0 Å². The van der Waals surface area contributed by atoms with E-state index >= 15 is 0 Å². The largest absolute Gasteiger partial charge is 0.484 e. The Balaban J connectivity index is 1.63. The van der Waals surface area contributed by atoms with Crippen molar-refractivity contribution in [1.82, 2.24) is 19.3 Å². The third-order valence-electron chi connectivity index (χ3n) is 4.51. The Kier molecular flexibility index (Phi) is 5.21. The number of nitrogen functional groups attached to an aromatic ring is 1. The first kappa shape index (κ1) is 19.3.